The lowest BCUT2D eigenvalue weighted by Crippen LogP contribution is -1.98. The zero-order chi connectivity index (χ0) is 21.9. The summed E-state index contributed by atoms with van der Waals surface area (Å²) in [6.45, 7) is 2.18. The van der Waals surface area contributed by atoms with Crippen molar-refractivity contribution < 1.29 is 4.74 Å². The zero-order valence-corrected chi connectivity index (χ0v) is 19.8. The summed E-state index contributed by atoms with van der Waals surface area (Å²) in [6, 6.07) is 26.1. The van der Waals surface area contributed by atoms with Crippen molar-refractivity contribution in [3.8, 4) is 22.6 Å². The van der Waals surface area contributed by atoms with Crippen LogP contribution in [0.15, 0.2) is 89.7 Å². The van der Waals surface area contributed by atoms with Gasteiger partial charge < -0.3 is 10.1 Å². The van der Waals surface area contributed by atoms with Gasteiger partial charge in [-0.3, -0.25) is 0 Å². The van der Waals surface area contributed by atoms with Gasteiger partial charge in [0.05, 0.1) is 11.1 Å². The Bertz CT molecular complexity index is 1370. The second-order valence-electron chi connectivity index (χ2n) is 7.20. The first-order valence-electron chi connectivity index (χ1n) is 10.3. The molecule has 1 N–H and O–H groups in total. The van der Waals surface area contributed by atoms with E-state index >= 15 is 0 Å². The maximum Gasteiger partial charge on any atom is 0.150 e. The van der Waals surface area contributed by atoms with Gasteiger partial charge in [-0.15, -0.1) is 11.3 Å². The van der Waals surface area contributed by atoms with Crippen LogP contribution in [0.3, 0.4) is 0 Å². The van der Waals surface area contributed by atoms with Gasteiger partial charge in [-0.05, 0) is 48.4 Å². The lowest BCUT2D eigenvalue weighted by atomic mass is 10.0. The first-order chi connectivity index (χ1) is 15.7. The fourth-order valence-corrected chi connectivity index (χ4v) is 5.01. The van der Waals surface area contributed by atoms with Gasteiger partial charge >= 0.3 is 0 Å². The van der Waals surface area contributed by atoms with Crippen LogP contribution in [-0.2, 0) is 6.42 Å². The van der Waals surface area contributed by atoms with Crippen LogP contribution in [0.2, 0.25) is 0 Å². The van der Waals surface area contributed by atoms with Crippen molar-refractivity contribution >= 4 is 49.0 Å². The zero-order valence-electron chi connectivity index (χ0n) is 17.4. The molecule has 0 aliphatic rings. The molecule has 32 heavy (non-hydrogen) atoms. The number of halogens is 1. The summed E-state index contributed by atoms with van der Waals surface area (Å²) in [5.41, 5.74) is 3.19. The lowest BCUT2D eigenvalue weighted by molar-refractivity contribution is 0.485. The number of aromatic nitrogens is 2. The third kappa shape index (κ3) is 4.11. The Hall–Kier alpha value is -3.22. The predicted molar refractivity (Wildman–Crippen MR) is 136 cm³/mol. The largest absolute Gasteiger partial charge is 0.455 e. The van der Waals surface area contributed by atoms with Gasteiger partial charge in [0.25, 0.3) is 0 Å². The van der Waals surface area contributed by atoms with Gasteiger partial charge in [0.15, 0.2) is 5.75 Å². The third-order valence-electron chi connectivity index (χ3n) is 5.13. The Morgan fingerprint density at radius 2 is 1.66 bits per heavy atom. The smallest absolute Gasteiger partial charge is 0.150 e. The first kappa shape index (κ1) is 20.7. The first-order valence-corrected chi connectivity index (χ1v) is 11.9. The second kappa shape index (κ2) is 9.10. The summed E-state index contributed by atoms with van der Waals surface area (Å²) < 4.78 is 7.20. The molecule has 0 aliphatic heterocycles. The molecule has 0 spiro atoms. The van der Waals surface area contributed by atoms with Gasteiger partial charge in [-0.1, -0.05) is 65.3 Å². The molecule has 0 radical (unpaired) electrons. The molecule has 5 aromatic rings. The lowest BCUT2D eigenvalue weighted by Gasteiger charge is -2.14. The molecular formula is C26H20BrN3OS. The summed E-state index contributed by atoms with van der Waals surface area (Å²) in [6.07, 6.45) is 2.55. The van der Waals surface area contributed by atoms with E-state index < -0.39 is 0 Å². The molecule has 2 aromatic heterocycles. The molecule has 5 rings (SSSR count). The Balaban J connectivity index is 1.61. The molecule has 0 atom stereocenters. The van der Waals surface area contributed by atoms with Crippen molar-refractivity contribution in [1.82, 2.24) is 9.97 Å². The van der Waals surface area contributed by atoms with E-state index in [1.54, 1.807) is 17.7 Å². The Labute approximate surface area is 199 Å². The highest BCUT2D eigenvalue weighted by Crippen LogP contribution is 2.43. The minimum atomic E-state index is 0.738. The summed E-state index contributed by atoms with van der Waals surface area (Å²) in [5.74, 6) is 2.29. The number of hydrogen-bond acceptors (Lipinski definition) is 5. The second-order valence-corrected chi connectivity index (χ2v) is 9.20. The standard InChI is InChI=1S/C26H20BrN3OS/c1-2-22-23(17-12-14-18(27)15-13-17)24-25(28-16-29-26(24)32-22)30-20-10-6-7-11-21(20)31-19-8-4-3-5-9-19/h3-16H,2H2,1H3,(H,28,29,30). The number of ether oxygens (including phenoxy) is 1. The number of nitrogens with one attached hydrogen (secondary N) is 1. The Kier molecular flexibility index (Phi) is 5.88. The number of thiophene rings is 1. The number of para-hydroxylation sites is 3. The van der Waals surface area contributed by atoms with Crippen molar-refractivity contribution in [2.45, 2.75) is 13.3 Å². The van der Waals surface area contributed by atoms with Crippen LogP contribution in [0.5, 0.6) is 11.5 Å². The molecule has 4 nitrogen and oxygen atoms in total. The van der Waals surface area contributed by atoms with Crippen LogP contribution < -0.4 is 10.1 Å². The fourth-order valence-electron chi connectivity index (χ4n) is 3.65. The van der Waals surface area contributed by atoms with Gasteiger partial charge in [-0.25, -0.2) is 9.97 Å². The Morgan fingerprint density at radius 1 is 0.906 bits per heavy atom. The van der Waals surface area contributed by atoms with Gasteiger partial charge in [-0.2, -0.15) is 0 Å². The maximum absolute atomic E-state index is 6.14. The molecule has 0 fully saturated rings. The minimum Gasteiger partial charge on any atom is -0.455 e. The normalized spacial score (nSPS) is 10.9. The van der Waals surface area contributed by atoms with Crippen LogP contribution >= 0.6 is 27.3 Å². The number of aryl methyl sites for hydroxylation is 1. The molecule has 0 unspecified atom stereocenters. The van der Waals surface area contributed by atoms with Crippen LogP contribution in [0.25, 0.3) is 21.3 Å². The van der Waals surface area contributed by atoms with Crippen LogP contribution in [-0.4, -0.2) is 9.97 Å². The van der Waals surface area contributed by atoms with Gasteiger partial charge in [0.2, 0.25) is 0 Å². The van der Waals surface area contributed by atoms with Crippen LogP contribution in [0, 0.1) is 0 Å². The summed E-state index contributed by atoms with van der Waals surface area (Å²) in [4.78, 5) is 11.5. The number of nitrogens with zero attached hydrogens (tertiary/aromatic N) is 2. The van der Waals surface area contributed by atoms with E-state index in [0.29, 0.717) is 0 Å². The quantitative estimate of drug-likeness (QED) is 0.254. The van der Waals surface area contributed by atoms with Crippen LogP contribution in [0.4, 0.5) is 11.5 Å². The molecule has 158 valence electrons. The monoisotopic (exact) mass is 501 g/mol. The van der Waals surface area contributed by atoms with Crippen molar-refractivity contribution in [2.75, 3.05) is 5.32 Å². The van der Waals surface area contributed by atoms with E-state index in [-0.39, 0.29) is 0 Å². The third-order valence-corrected chi connectivity index (χ3v) is 6.90. The number of fused-ring (bicyclic) bond motifs is 1. The molecule has 3 aromatic carbocycles. The maximum atomic E-state index is 6.14. The summed E-state index contributed by atoms with van der Waals surface area (Å²) in [5, 5.41) is 4.55. The van der Waals surface area contributed by atoms with Crippen molar-refractivity contribution in [3.05, 3.63) is 94.5 Å². The van der Waals surface area contributed by atoms with E-state index in [1.807, 2.05) is 54.6 Å². The predicted octanol–water partition coefficient (Wildman–Crippen LogP) is 8.22. The van der Waals surface area contributed by atoms with Crippen LogP contribution in [0.1, 0.15) is 11.8 Å². The van der Waals surface area contributed by atoms with E-state index in [4.69, 9.17) is 4.74 Å². The summed E-state index contributed by atoms with van der Waals surface area (Å²) in [7, 11) is 0. The highest BCUT2D eigenvalue weighted by atomic mass is 79.9. The highest BCUT2D eigenvalue weighted by Gasteiger charge is 2.19. The molecule has 0 bridgehead atoms. The highest BCUT2D eigenvalue weighted by molar-refractivity contribution is 9.10. The van der Waals surface area contributed by atoms with E-state index in [1.165, 1.54) is 10.4 Å². The Morgan fingerprint density at radius 3 is 2.44 bits per heavy atom. The molecular weight excluding hydrogens is 482 g/mol. The SMILES string of the molecule is CCc1sc2ncnc(Nc3ccccc3Oc3ccccc3)c2c1-c1ccc(Br)cc1. The van der Waals surface area contributed by atoms with Gasteiger partial charge in [0, 0.05) is 14.9 Å². The van der Waals surface area contributed by atoms with Crippen molar-refractivity contribution in [3.63, 3.8) is 0 Å². The van der Waals surface area contributed by atoms with Gasteiger partial charge in [0.1, 0.15) is 22.7 Å². The minimum absolute atomic E-state index is 0.738. The molecule has 0 aliphatic carbocycles. The average molecular weight is 502 g/mol. The van der Waals surface area contributed by atoms with Crippen molar-refractivity contribution in [1.29, 1.82) is 0 Å². The molecule has 0 saturated carbocycles. The van der Waals surface area contributed by atoms with E-state index in [0.717, 1.165) is 49.7 Å². The number of rotatable bonds is 6. The molecule has 0 saturated heterocycles. The number of hydrogen-bond donors (Lipinski definition) is 1. The van der Waals surface area contributed by atoms with E-state index in [2.05, 4.69) is 62.4 Å². The summed E-state index contributed by atoms with van der Waals surface area (Å²) >= 11 is 5.26. The molecule has 2 heterocycles. The van der Waals surface area contributed by atoms with E-state index in [9.17, 15) is 0 Å². The topological polar surface area (TPSA) is 47.0 Å². The average Bonchev–Trinajstić information content (AvgIpc) is 3.21. The number of benzene rings is 3. The fraction of sp³-hybridized carbons (Fsp3) is 0.0769. The van der Waals surface area contributed by atoms with Crippen molar-refractivity contribution in [2.24, 2.45) is 0 Å². The molecule has 0 amide bonds. The molecule has 6 heteroatoms. The number of anilines is 2.